The second kappa shape index (κ2) is 5.66. The number of hydrogen-bond donors (Lipinski definition) is 0. The van der Waals surface area contributed by atoms with E-state index < -0.39 is 0 Å². The van der Waals surface area contributed by atoms with Crippen LogP contribution in [0.25, 0.3) is 0 Å². The lowest BCUT2D eigenvalue weighted by atomic mass is 10.1. The van der Waals surface area contributed by atoms with Gasteiger partial charge in [-0.15, -0.1) is 0 Å². The lowest BCUT2D eigenvalue weighted by Crippen LogP contribution is -2.32. The van der Waals surface area contributed by atoms with E-state index >= 15 is 0 Å². The summed E-state index contributed by atoms with van der Waals surface area (Å²) in [6.45, 7) is 0.446. The molecule has 1 aliphatic rings. The minimum Gasteiger partial charge on any atom is -0.497 e. The van der Waals surface area contributed by atoms with E-state index in [0.29, 0.717) is 17.3 Å². The van der Waals surface area contributed by atoms with Gasteiger partial charge in [0.1, 0.15) is 11.5 Å². The van der Waals surface area contributed by atoms with Crippen LogP contribution in [0.5, 0.6) is 11.5 Å². The highest BCUT2D eigenvalue weighted by molar-refractivity contribution is 6.30. The molecule has 0 bridgehead atoms. The van der Waals surface area contributed by atoms with Crippen LogP contribution in [0.1, 0.15) is 5.56 Å². The van der Waals surface area contributed by atoms with Crippen LogP contribution in [-0.4, -0.2) is 19.6 Å². The van der Waals surface area contributed by atoms with Crippen LogP contribution in [0.3, 0.4) is 0 Å². The lowest BCUT2D eigenvalue weighted by Gasteiger charge is -2.20. The minimum atomic E-state index is -0.0903. The number of fused-ring (bicyclic) bond motifs is 1. The van der Waals surface area contributed by atoms with Gasteiger partial charge in [-0.25, -0.2) is 0 Å². The van der Waals surface area contributed by atoms with Gasteiger partial charge >= 0.3 is 0 Å². The van der Waals surface area contributed by atoms with E-state index in [1.165, 1.54) is 0 Å². The maximum Gasteiger partial charge on any atom is 0.265 e. The molecule has 3 rings (SSSR count). The summed E-state index contributed by atoms with van der Waals surface area (Å²) in [6.07, 6.45) is 0. The van der Waals surface area contributed by atoms with Crippen molar-refractivity contribution in [3.63, 3.8) is 0 Å². The van der Waals surface area contributed by atoms with Crippen LogP contribution in [0, 0.1) is 0 Å². The summed E-state index contributed by atoms with van der Waals surface area (Å²) < 4.78 is 10.7. The molecule has 2 aromatic rings. The zero-order valence-electron chi connectivity index (χ0n) is 11.5. The van der Waals surface area contributed by atoms with Crippen LogP contribution in [0.4, 0.5) is 5.69 Å². The fourth-order valence-electron chi connectivity index (χ4n) is 2.29. The van der Waals surface area contributed by atoms with Gasteiger partial charge in [0.2, 0.25) is 0 Å². The molecular formula is C16H14ClNO3. The predicted octanol–water partition coefficient (Wildman–Crippen LogP) is 3.27. The Morgan fingerprint density at radius 2 is 1.95 bits per heavy atom. The van der Waals surface area contributed by atoms with Crippen molar-refractivity contribution in [2.45, 2.75) is 6.54 Å². The van der Waals surface area contributed by atoms with E-state index in [0.717, 1.165) is 17.0 Å². The Morgan fingerprint density at radius 3 is 2.67 bits per heavy atom. The van der Waals surface area contributed by atoms with Crippen LogP contribution in [0.2, 0.25) is 5.02 Å². The van der Waals surface area contributed by atoms with Gasteiger partial charge in [0.05, 0.1) is 13.7 Å². The molecular weight excluding hydrogens is 290 g/mol. The molecule has 0 spiro atoms. The number of hydrogen-bond acceptors (Lipinski definition) is 3. The van der Waals surface area contributed by atoms with Gasteiger partial charge in [0.15, 0.2) is 6.61 Å². The average molecular weight is 304 g/mol. The second-order valence-electron chi connectivity index (χ2n) is 4.72. The zero-order chi connectivity index (χ0) is 14.8. The van der Waals surface area contributed by atoms with Crippen molar-refractivity contribution in [2.24, 2.45) is 0 Å². The number of methoxy groups -OCH3 is 1. The fraction of sp³-hybridized carbons (Fsp3) is 0.188. The van der Waals surface area contributed by atoms with E-state index in [1.807, 2.05) is 30.3 Å². The molecule has 0 saturated heterocycles. The quantitative estimate of drug-likeness (QED) is 0.854. The fourth-order valence-corrected chi connectivity index (χ4v) is 2.48. The summed E-state index contributed by atoms with van der Waals surface area (Å²) in [5, 5.41) is 0.626. The molecule has 0 radical (unpaired) electrons. The molecule has 0 saturated carbocycles. The highest BCUT2D eigenvalue weighted by atomic mass is 35.5. The van der Waals surface area contributed by atoms with Crippen molar-refractivity contribution >= 4 is 23.2 Å². The summed E-state index contributed by atoms with van der Waals surface area (Å²) in [5.74, 6) is 1.36. The highest BCUT2D eigenvalue weighted by Crippen LogP contribution is 2.29. The summed E-state index contributed by atoms with van der Waals surface area (Å²) in [4.78, 5) is 13.9. The third-order valence-electron chi connectivity index (χ3n) is 3.39. The number of carbonyl (C=O) groups is 1. The molecule has 0 fully saturated rings. The van der Waals surface area contributed by atoms with E-state index in [2.05, 4.69) is 0 Å². The smallest absolute Gasteiger partial charge is 0.265 e. The number of anilines is 1. The van der Waals surface area contributed by atoms with E-state index in [9.17, 15) is 4.79 Å². The molecule has 21 heavy (non-hydrogen) atoms. The van der Waals surface area contributed by atoms with Crippen molar-refractivity contribution in [3.05, 3.63) is 53.1 Å². The molecule has 0 N–H and O–H groups in total. The summed E-state index contributed by atoms with van der Waals surface area (Å²) >= 11 is 6.02. The summed E-state index contributed by atoms with van der Waals surface area (Å²) in [6, 6.07) is 12.7. The van der Waals surface area contributed by atoms with Crippen LogP contribution in [-0.2, 0) is 11.3 Å². The molecule has 0 aromatic heterocycles. The number of amides is 1. The topological polar surface area (TPSA) is 38.8 Å². The number of ether oxygens (including phenoxy) is 2. The Labute approximate surface area is 127 Å². The van der Waals surface area contributed by atoms with E-state index in [-0.39, 0.29) is 12.5 Å². The van der Waals surface area contributed by atoms with Crippen LogP contribution in [0.15, 0.2) is 42.5 Å². The van der Waals surface area contributed by atoms with E-state index in [4.69, 9.17) is 21.1 Å². The molecule has 108 valence electrons. The Hall–Kier alpha value is -2.20. The first-order valence-corrected chi connectivity index (χ1v) is 6.91. The summed E-state index contributed by atoms with van der Waals surface area (Å²) in [5.41, 5.74) is 1.70. The molecule has 1 amide bonds. The normalized spacial score (nSPS) is 14.2. The zero-order valence-corrected chi connectivity index (χ0v) is 12.3. The van der Waals surface area contributed by atoms with Crippen molar-refractivity contribution in [1.82, 2.24) is 0 Å². The largest absolute Gasteiger partial charge is 0.497 e. The first kappa shape index (κ1) is 13.8. The number of carbonyl (C=O) groups excluding carboxylic acids is 1. The average Bonchev–Trinajstić information content (AvgIpc) is 2.67. The van der Waals surface area contributed by atoms with Gasteiger partial charge in [-0.1, -0.05) is 11.6 Å². The van der Waals surface area contributed by atoms with Gasteiger partial charge in [-0.3, -0.25) is 4.79 Å². The van der Waals surface area contributed by atoms with Crippen LogP contribution >= 0.6 is 11.6 Å². The molecule has 0 atom stereocenters. The van der Waals surface area contributed by atoms with E-state index in [1.54, 1.807) is 24.1 Å². The van der Waals surface area contributed by atoms with Gasteiger partial charge in [0.25, 0.3) is 5.91 Å². The van der Waals surface area contributed by atoms with Gasteiger partial charge < -0.3 is 14.4 Å². The Morgan fingerprint density at radius 1 is 1.19 bits per heavy atom. The first-order chi connectivity index (χ1) is 10.2. The standard InChI is InChI=1S/C16H14ClNO3/c1-20-14-5-3-13(4-6-14)18-9-11-8-12(17)2-7-15(11)21-10-16(18)19/h2-8H,9-10H2,1H3. The maximum absolute atomic E-state index is 12.3. The van der Waals surface area contributed by atoms with Crippen molar-refractivity contribution < 1.29 is 14.3 Å². The molecule has 1 heterocycles. The first-order valence-electron chi connectivity index (χ1n) is 6.53. The van der Waals surface area contributed by atoms with Crippen molar-refractivity contribution in [1.29, 1.82) is 0 Å². The molecule has 2 aromatic carbocycles. The predicted molar refractivity (Wildman–Crippen MR) is 81.1 cm³/mol. The Balaban J connectivity index is 1.95. The monoisotopic (exact) mass is 303 g/mol. The third kappa shape index (κ3) is 2.81. The molecule has 0 unspecified atom stereocenters. The van der Waals surface area contributed by atoms with Crippen LogP contribution < -0.4 is 14.4 Å². The summed E-state index contributed by atoms with van der Waals surface area (Å²) in [7, 11) is 1.61. The second-order valence-corrected chi connectivity index (χ2v) is 5.16. The maximum atomic E-state index is 12.3. The number of nitrogens with zero attached hydrogens (tertiary/aromatic N) is 1. The molecule has 1 aliphatic heterocycles. The molecule has 0 aliphatic carbocycles. The van der Waals surface area contributed by atoms with Gasteiger partial charge in [-0.2, -0.15) is 0 Å². The highest BCUT2D eigenvalue weighted by Gasteiger charge is 2.23. The lowest BCUT2D eigenvalue weighted by molar-refractivity contribution is -0.120. The van der Waals surface area contributed by atoms with Gasteiger partial charge in [-0.05, 0) is 42.5 Å². The Kier molecular flexibility index (Phi) is 3.71. The molecule has 4 nitrogen and oxygen atoms in total. The van der Waals surface area contributed by atoms with Crippen molar-refractivity contribution in [3.8, 4) is 11.5 Å². The number of rotatable bonds is 2. The SMILES string of the molecule is COc1ccc(N2Cc3cc(Cl)ccc3OCC2=O)cc1. The third-order valence-corrected chi connectivity index (χ3v) is 3.62. The number of benzene rings is 2. The van der Waals surface area contributed by atoms with Crippen molar-refractivity contribution in [2.75, 3.05) is 18.6 Å². The molecule has 5 heteroatoms. The Bertz CT molecular complexity index is 670. The van der Waals surface area contributed by atoms with Gasteiger partial charge in [0, 0.05) is 16.3 Å². The number of halogens is 1. The minimum absolute atomic E-state index is 0.0145.